The van der Waals surface area contributed by atoms with Gasteiger partial charge in [0.05, 0.1) is 25.3 Å². The van der Waals surface area contributed by atoms with Gasteiger partial charge in [-0.25, -0.2) is 4.68 Å². The molecular weight excluding hydrogens is 430 g/mol. The molecule has 1 heterocycles. The van der Waals surface area contributed by atoms with Crippen molar-refractivity contribution in [3.8, 4) is 0 Å². The summed E-state index contributed by atoms with van der Waals surface area (Å²) < 4.78 is 6.35. The Hall–Kier alpha value is -3.58. The lowest BCUT2D eigenvalue weighted by Crippen LogP contribution is -2.23. The standard InChI is InChI=1S/C16H18N2O3.C11H15NO/c1-3-21-16(20)10-13-5-4-6-14(9-13)11-18-15(19)8-7-12(2)17-18;1-9-4-2-5-10(8-9)11(13)6-3-7-12/h4-9H,3,10-11H2,1-2H3;2,4-5,8H,3,6-7,12H2,1H3. The summed E-state index contributed by atoms with van der Waals surface area (Å²) in [5.41, 5.74) is 9.70. The second kappa shape index (κ2) is 13.9. The summed E-state index contributed by atoms with van der Waals surface area (Å²) in [6.45, 7) is 6.95. The summed E-state index contributed by atoms with van der Waals surface area (Å²) >= 11 is 0. The van der Waals surface area contributed by atoms with Crippen molar-refractivity contribution in [2.24, 2.45) is 5.73 Å². The van der Waals surface area contributed by atoms with Crippen molar-refractivity contribution >= 4 is 11.8 Å². The SMILES string of the molecule is CCOC(=O)Cc1cccc(Cn2nc(C)ccc2=O)c1.Cc1cccc(C(=O)CCCN)c1. The van der Waals surface area contributed by atoms with E-state index in [1.165, 1.54) is 10.7 Å². The van der Waals surface area contributed by atoms with Gasteiger partial charge in [0, 0.05) is 18.1 Å². The molecule has 0 aliphatic carbocycles. The van der Waals surface area contributed by atoms with Crippen LogP contribution in [0.2, 0.25) is 0 Å². The van der Waals surface area contributed by atoms with Gasteiger partial charge in [-0.05, 0) is 57.0 Å². The van der Waals surface area contributed by atoms with Crippen LogP contribution in [0.4, 0.5) is 0 Å². The minimum atomic E-state index is -0.250. The largest absolute Gasteiger partial charge is 0.466 e. The molecule has 0 aliphatic rings. The van der Waals surface area contributed by atoms with Gasteiger partial charge in [-0.3, -0.25) is 14.4 Å². The summed E-state index contributed by atoms with van der Waals surface area (Å²) in [5.74, 6) is -0.0605. The van der Waals surface area contributed by atoms with E-state index >= 15 is 0 Å². The molecule has 34 heavy (non-hydrogen) atoms. The van der Waals surface area contributed by atoms with Crippen molar-refractivity contribution < 1.29 is 14.3 Å². The Kier molecular flexibility index (Phi) is 10.9. The van der Waals surface area contributed by atoms with Crippen LogP contribution in [0.15, 0.2) is 65.5 Å². The average Bonchev–Trinajstić information content (AvgIpc) is 2.81. The number of nitrogens with two attached hydrogens (primary N) is 1. The number of hydrogen-bond donors (Lipinski definition) is 1. The maximum absolute atomic E-state index is 11.7. The lowest BCUT2D eigenvalue weighted by atomic mass is 10.0. The smallest absolute Gasteiger partial charge is 0.310 e. The van der Waals surface area contributed by atoms with E-state index in [-0.39, 0.29) is 23.7 Å². The van der Waals surface area contributed by atoms with Crippen molar-refractivity contribution in [3.63, 3.8) is 0 Å². The Labute approximate surface area is 200 Å². The van der Waals surface area contributed by atoms with E-state index in [9.17, 15) is 14.4 Å². The summed E-state index contributed by atoms with van der Waals surface area (Å²) in [7, 11) is 0. The second-order valence-electron chi connectivity index (χ2n) is 7.96. The highest BCUT2D eigenvalue weighted by molar-refractivity contribution is 5.96. The molecule has 3 rings (SSSR count). The number of ether oxygens (including phenoxy) is 1. The zero-order valence-corrected chi connectivity index (χ0v) is 20.1. The minimum absolute atomic E-state index is 0.142. The summed E-state index contributed by atoms with van der Waals surface area (Å²) in [6, 6.07) is 18.4. The van der Waals surface area contributed by atoms with Gasteiger partial charge in [0.25, 0.3) is 5.56 Å². The van der Waals surface area contributed by atoms with Gasteiger partial charge in [0.1, 0.15) is 0 Å². The van der Waals surface area contributed by atoms with E-state index in [0.717, 1.165) is 34.4 Å². The number of ketones is 1. The molecule has 2 aromatic carbocycles. The number of carbonyl (C=O) groups excluding carboxylic acids is 2. The summed E-state index contributed by atoms with van der Waals surface area (Å²) in [4.78, 5) is 34.7. The van der Waals surface area contributed by atoms with Gasteiger partial charge in [-0.15, -0.1) is 0 Å². The Balaban J connectivity index is 0.000000270. The molecule has 0 fully saturated rings. The topological polar surface area (TPSA) is 104 Å². The van der Waals surface area contributed by atoms with Gasteiger partial charge < -0.3 is 10.5 Å². The zero-order valence-electron chi connectivity index (χ0n) is 20.1. The van der Waals surface area contributed by atoms with E-state index in [4.69, 9.17) is 10.5 Å². The molecule has 0 amide bonds. The van der Waals surface area contributed by atoms with Gasteiger partial charge in [-0.2, -0.15) is 5.10 Å². The fourth-order valence-electron chi connectivity index (χ4n) is 3.28. The van der Waals surface area contributed by atoms with E-state index in [2.05, 4.69) is 5.10 Å². The first-order chi connectivity index (χ1) is 16.3. The molecule has 0 radical (unpaired) electrons. The summed E-state index contributed by atoms with van der Waals surface area (Å²) in [6.07, 6.45) is 1.56. The minimum Gasteiger partial charge on any atom is -0.466 e. The van der Waals surface area contributed by atoms with Crippen LogP contribution in [-0.2, 0) is 22.5 Å². The Morgan fingerprint density at radius 2 is 1.74 bits per heavy atom. The third-order valence-corrected chi connectivity index (χ3v) is 4.93. The molecule has 1 aromatic heterocycles. The third-order valence-electron chi connectivity index (χ3n) is 4.93. The molecular formula is C27H33N3O4. The van der Waals surface area contributed by atoms with Crippen LogP contribution in [0.1, 0.15) is 52.5 Å². The van der Waals surface area contributed by atoms with Crippen LogP contribution in [0.3, 0.4) is 0 Å². The molecule has 0 bridgehead atoms. The number of nitrogens with zero attached hydrogens (tertiary/aromatic N) is 2. The summed E-state index contributed by atoms with van der Waals surface area (Å²) in [5, 5.41) is 4.20. The van der Waals surface area contributed by atoms with Gasteiger partial charge in [0.15, 0.2) is 5.78 Å². The second-order valence-corrected chi connectivity index (χ2v) is 7.96. The Morgan fingerprint density at radius 3 is 2.44 bits per heavy atom. The highest BCUT2D eigenvalue weighted by Crippen LogP contribution is 2.09. The van der Waals surface area contributed by atoms with E-state index in [1.54, 1.807) is 13.0 Å². The highest BCUT2D eigenvalue weighted by atomic mass is 16.5. The number of Topliss-reactive ketones (excluding diaryl/α,β-unsaturated/α-hetero) is 1. The maximum Gasteiger partial charge on any atom is 0.310 e. The lowest BCUT2D eigenvalue weighted by molar-refractivity contribution is -0.142. The van der Waals surface area contributed by atoms with Crippen LogP contribution >= 0.6 is 0 Å². The monoisotopic (exact) mass is 463 g/mol. The van der Waals surface area contributed by atoms with Crippen molar-refractivity contribution in [2.75, 3.05) is 13.2 Å². The molecule has 0 aliphatic heterocycles. The average molecular weight is 464 g/mol. The predicted molar refractivity (Wildman–Crippen MR) is 133 cm³/mol. The number of benzene rings is 2. The van der Waals surface area contributed by atoms with Gasteiger partial charge in [0.2, 0.25) is 0 Å². The van der Waals surface area contributed by atoms with Crippen molar-refractivity contribution in [1.29, 1.82) is 0 Å². The molecule has 180 valence electrons. The number of carbonyl (C=O) groups is 2. The number of aryl methyl sites for hydroxylation is 2. The van der Waals surface area contributed by atoms with Crippen molar-refractivity contribution in [2.45, 2.75) is 46.6 Å². The van der Waals surface area contributed by atoms with Crippen molar-refractivity contribution in [1.82, 2.24) is 9.78 Å². The highest BCUT2D eigenvalue weighted by Gasteiger charge is 2.06. The van der Waals surface area contributed by atoms with Gasteiger partial charge >= 0.3 is 5.97 Å². The fourth-order valence-corrected chi connectivity index (χ4v) is 3.28. The molecule has 0 unspecified atom stereocenters. The molecule has 3 aromatic rings. The van der Waals surface area contributed by atoms with Crippen LogP contribution in [-0.4, -0.2) is 34.7 Å². The first-order valence-corrected chi connectivity index (χ1v) is 11.4. The molecule has 0 saturated carbocycles. The zero-order chi connectivity index (χ0) is 24.9. The molecule has 2 N–H and O–H groups in total. The Morgan fingerprint density at radius 1 is 1.00 bits per heavy atom. The van der Waals surface area contributed by atoms with E-state index < -0.39 is 0 Å². The van der Waals surface area contributed by atoms with Crippen LogP contribution in [0, 0.1) is 13.8 Å². The molecule has 0 saturated heterocycles. The quantitative estimate of drug-likeness (QED) is 0.384. The van der Waals surface area contributed by atoms with Crippen LogP contribution in [0.25, 0.3) is 0 Å². The number of rotatable bonds is 9. The first-order valence-electron chi connectivity index (χ1n) is 11.4. The lowest BCUT2D eigenvalue weighted by Gasteiger charge is -2.07. The molecule has 0 atom stereocenters. The first kappa shape index (κ1) is 26.7. The van der Waals surface area contributed by atoms with Crippen LogP contribution < -0.4 is 11.3 Å². The van der Waals surface area contributed by atoms with Gasteiger partial charge in [-0.1, -0.05) is 48.0 Å². The van der Waals surface area contributed by atoms with Crippen molar-refractivity contribution in [3.05, 3.63) is 99.0 Å². The van der Waals surface area contributed by atoms with E-state index in [0.29, 0.717) is 26.1 Å². The van der Waals surface area contributed by atoms with Crippen LogP contribution in [0.5, 0.6) is 0 Å². The molecule has 0 spiro atoms. The fraction of sp³-hybridized carbons (Fsp3) is 0.333. The number of hydrogen-bond acceptors (Lipinski definition) is 6. The molecule has 7 nitrogen and oxygen atoms in total. The third kappa shape index (κ3) is 9.11. The Bertz CT molecular complexity index is 1150. The number of aromatic nitrogens is 2. The predicted octanol–water partition coefficient (Wildman–Crippen LogP) is 3.62. The molecule has 7 heteroatoms. The van der Waals surface area contributed by atoms with E-state index in [1.807, 2.05) is 62.4 Å². The normalized spacial score (nSPS) is 10.2. The number of esters is 1. The maximum atomic E-state index is 11.7.